The lowest BCUT2D eigenvalue weighted by molar-refractivity contribution is -0.113. The van der Waals surface area contributed by atoms with Gasteiger partial charge in [0, 0.05) is 21.2 Å². The van der Waals surface area contributed by atoms with Crippen LogP contribution in [-0.4, -0.2) is 16.6 Å². The number of halogens is 1. The first-order valence-corrected chi connectivity index (χ1v) is 7.89. The number of aromatic nitrogens is 1. The van der Waals surface area contributed by atoms with Crippen LogP contribution in [0.1, 0.15) is 5.69 Å². The number of aryl methyl sites for hydroxylation is 1. The van der Waals surface area contributed by atoms with Gasteiger partial charge in [0.2, 0.25) is 5.91 Å². The van der Waals surface area contributed by atoms with E-state index in [1.807, 2.05) is 36.6 Å². The Balaban J connectivity index is 1.83. The predicted octanol–water partition coefficient (Wildman–Crippen LogP) is 3.94. The molecule has 0 bridgehead atoms. The highest BCUT2D eigenvalue weighted by molar-refractivity contribution is 9.10. The number of benzene rings is 1. The third-order valence-corrected chi connectivity index (χ3v) is 4.72. The lowest BCUT2D eigenvalue weighted by Crippen LogP contribution is -2.13. The maximum absolute atomic E-state index is 11.7. The van der Waals surface area contributed by atoms with E-state index < -0.39 is 0 Å². The Kier molecular flexibility index (Phi) is 4.79. The van der Waals surface area contributed by atoms with Crippen molar-refractivity contribution < 1.29 is 4.79 Å². The number of nitrogens with zero attached hydrogens (tertiary/aromatic N) is 1. The van der Waals surface area contributed by atoms with Crippen molar-refractivity contribution in [3.05, 3.63) is 39.8 Å². The smallest absolute Gasteiger partial charge is 0.234 e. The van der Waals surface area contributed by atoms with Crippen molar-refractivity contribution in [2.45, 2.75) is 11.3 Å². The molecule has 0 aliphatic carbocycles. The molecule has 0 unspecified atom stereocenters. The topological polar surface area (TPSA) is 42.0 Å². The number of carbonyl (C=O) groups excluding carboxylic acids is 1. The summed E-state index contributed by atoms with van der Waals surface area (Å²) in [5.74, 6) is 0.360. The van der Waals surface area contributed by atoms with Crippen molar-refractivity contribution in [1.82, 2.24) is 4.98 Å². The molecule has 1 aromatic heterocycles. The molecule has 18 heavy (non-hydrogen) atoms. The maximum atomic E-state index is 11.7. The second-order valence-electron chi connectivity index (χ2n) is 3.60. The molecule has 1 amide bonds. The molecule has 2 rings (SSSR count). The molecule has 1 aromatic carbocycles. The van der Waals surface area contributed by atoms with Crippen molar-refractivity contribution in [2.24, 2.45) is 0 Å². The summed E-state index contributed by atoms with van der Waals surface area (Å²) in [7, 11) is 0. The predicted molar refractivity (Wildman–Crippen MR) is 80.3 cm³/mol. The maximum Gasteiger partial charge on any atom is 0.234 e. The zero-order valence-corrected chi connectivity index (χ0v) is 12.9. The molecule has 0 saturated carbocycles. The number of hydrogen-bond donors (Lipinski definition) is 1. The van der Waals surface area contributed by atoms with Gasteiger partial charge < -0.3 is 5.32 Å². The second kappa shape index (κ2) is 6.36. The highest BCUT2D eigenvalue weighted by Crippen LogP contribution is 2.22. The van der Waals surface area contributed by atoms with Crippen LogP contribution in [0.4, 0.5) is 5.69 Å². The molecular weight excluding hydrogens is 332 g/mol. The number of hydrogen-bond acceptors (Lipinski definition) is 4. The highest BCUT2D eigenvalue weighted by Gasteiger charge is 2.05. The number of carbonyl (C=O) groups is 1. The number of nitrogens with one attached hydrogen (secondary N) is 1. The van der Waals surface area contributed by atoms with Crippen molar-refractivity contribution >= 4 is 50.6 Å². The van der Waals surface area contributed by atoms with Gasteiger partial charge in [0.1, 0.15) is 0 Å². The molecule has 0 atom stereocenters. The Bertz CT molecular complexity index is 539. The summed E-state index contributed by atoms with van der Waals surface area (Å²) in [5.41, 5.74) is 1.80. The van der Waals surface area contributed by atoms with Crippen LogP contribution in [0, 0.1) is 6.92 Å². The third-order valence-electron chi connectivity index (χ3n) is 2.05. The highest BCUT2D eigenvalue weighted by atomic mass is 79.9. The largest absolute Gasteiger partial charge is 0.325 e. The zero-order valence-electron chi connectivity index (χ0n) is 9.64. The fourth-order valence-electron chi connectivity index (χ4n) is 1.26. The van der Waals surface area contributed by atoms with Crippen LogP contribution >= 0.6 is 39.0 Å². The van der Waals surface area contributed by atoms with Gasteiger partial charge in [-0.3, -0.25) is 4.79 Å². The van der Waals surface area contributed by atoms with E-state index in [1.165, 1.54) is 11.8 Å². The van der Waals surface area contributed by atoms with E-state index in [0.717, 1.165) is 20.2 Å². The van der Waals surface area contributed by atoms with Gasteiger partial charge in [0.05, 0.1) is 5.75 Å². The average Bonchev–Trinajstić information content (AvgIpc) is 2.76. The van der Waals surface area contributed by atoms with E-state index in [9.17, 15) is 4.79 Å². The van der Waals surface area contributed by atoms with Crippen molar-refractivity contribution in [1.29, 1.82) is 0 Å². The third kappa shape index (κ3) is 4.12. The van der Waals surface area contributed by atoms with Crippen LogP contribution in [0.5, 0.6) is 0 Å². The molecule has 0 saturated heterocycles. The monoisotopic (exact) mass is 342 g/mol. The van der Waals surface area contributed by atoms with Crippen LogP contribution in [0.2, 0.25) is 0 Å². The minimum atomic E-state index is -0.0184. The first-order valence-electron chi connectivity index (χ1n) is 5.24. The Morgan fingerprint density at radius 2 is 2.17 bits per heavy atom. The van der Waals surface area contributed by atoms with E-state index in [2.05, 4.69) is 26.2 Å². The van der Waals surface area contributed by atoms with Crippen LogP contribution in [0.3, 0.4) is 0 Å². The molecule has 1 heterocycles. The lowest BCUT2D eigenvalue weighted by atomic mass is 10.3. The minimum Gasteiger partial charge on any atom is -0.325 e. The fraction of sp³-hybridized carbons (Fsp3) is 0.167. The molecule has 1 N–H and O–H groups in total. The standard InChI is InChI=1S/C12H11BrN2OS2/c1-8-6-17-12(14-8)18-7-11(16)15-10-4-2-9(13)3-5-10/h2-6H,7H2,1H3,(H,15,16). The molecule has 2 aromatic rings. The summed E-state index contributed by atoms with van der Waals surface area (Å²) < 4.78 is 1.92. The van der Waals surface area contributed by atoms with E-state index in [-0.39, 0.29) is 5.91 Å². The molecule has 0 spiro atoms. The number of amides is 1. The molecule has 0 fully saturated rings. The fourth-order valence-corrected chi connectivity index (χ4v) is 3.17. The van der Waals surface area contributed by atoms with Gasteiger partial charge >= 0.3 is 0 Å². The van der Waals surface area contributed by atoms with Gasteiger partial charge in [0.25, 0.3) is 0 Å². The van der Waals surface area contributed by atoms with Crippen molar-refractivity contribution in [2.75, 3.05) is 11.1 Å². The number of rotatable bonds is 4. The van der Waals surface area contributed by atoms with Crippen LogP contribution in [0.15, 0.2) is 38.5 Å². The summed E-state index contributed by atoms with van der Waals surface area (Å²) >= 11 is 6.37. The van der Waals surface area contributed by atoms with Gasteiger partial charge in [-0.25, -0.2) is 4.98 Å². The van der Waals surface area contributed by atoms with Crippen LogP contribution in [0.25, 0.3) is 0 Å². The van der Waals surface area contributed by atoms with Crippen LogP contribution < -0.4 is 5.32 Å². The van der Waals surface area contributed by atoms with Gasteiger partial charge in [-0.15, -0.1) is 11.3 Å². The van der Waals surface area contributed by atoms with Crippen molar-refractivity contribution in [3.63, 3.8) is 0 Å². The Morgan fingerprint density at radius 1 is 1.44 bits per heavy atom. The Morgan fingerprint density at radius 3 is 2.78 bits per heavy atom. The molecular formula is C12H11BrN2OS2. The molecule has 0 aliphatic heterocycles. The van der Waals surface area contributed by atoms with E-state index in [0.29, 0.717) is 5.75 Å². The summed E-state index contributed by atoms with van der Waals surface area (Å²) in [5, 5.41) is 4.82. The molecule has 0 radical (unpaired) electrons. The molecule has 94 valence electrons. The molecule has 0 aliphatic rings. The SMILES string of the molecule is Cc1csc(SCC(=O)Nc2ccc(Br)cc2)n1. The quantitative estimate of drug-likeness (QED) is 0.855. The number of anilines is 1. The van der Waals surface area contributed by atoms with Crippen LogP contribution in [-0.2, 0) is 4.79 Å². The molecule has 6 heteroatoms. The normalized spacial score (nSPS) is 10.3. The van der Waals surface area contributed by atoms with Crippen molar-refractivity contribution in [3.8, 4) is 0 Å². The van der Waals surface area contributed by atoms with Gasteiger partial charge in [0.15, 0.2) is 4.34 Å². The Labute approximate surface area is 122 Å². The summed E-state index contributed by atoms with van der Waals surface area (Å²) in [6.45, 7) is 1.95. The summed E-state index contributed by atoms with van der Waals surface area (Å²) in [6.07, 6.45) is 0. The van der Waals surface area contributed by atoms with E-state index in [1.54, 1.807) is 11.3 Å². The first kappa shape index (κ1) is 13.6. The zero-order chi connectivity index (χ0) is 13.0. The van der Waals surface area contributed by atoms with E-state index >= 15 is 0 Å². The number of thiazole rings is 1. The summed E-state index contributed by atoms with van der Waals surface area (Å²) in [6, 6.07) is 7.51. The minimum absolute atomic E-state index is 0.0184. The van der Waals surface area contributed by atoms with Gasteiger partial charge in [-0.1, -0.05) is 27.7 Å². The second-order valence-corrected chi connectivity index (χ2v) is 6.59. The first-order chi connectivity index (χ1) is 8.63. The summed E-state index contributed by atoms with van der Waals surface area (Å²) in [4.78, 5) is 16.0. The number of thioether (sulfide) groups is 1. The average molecular weight is 343 g/mol. The lowest BCUT2D eigenvalue weighted by Gasteiger charge is -2.03. The Hall–Kier alpha value is -0.850. The van der Waals surface area contributed by atoms with Gasteiger partial charge in [-0.2, -0.15) is 0 Å². The van der Waals surface area contributed by atoms with Gasteiger partial charge in [-0.05, 0) is 31.2 Å². The molecule has 3 nitrogen and oxygen atoms in total. The van der Waals surface area contributed by atoms with E-state index in [4.69, 9.17) is 0 Å².